The average Bonchev–Trinajstić information content (AvgIpc) is 0.801. The van der Waals surface area contributed by atoms with Crippen molar-refractivity contribution in [2.24, 2.45) is 54.1 Å². The number of hydrogen-bond acceptors (Lipinski definition) is 6. The minimum absolute atomic E-state index is 0.429. The van der Waals surface area contributed by atoms with Crippen molar-refractivity contribution in [1.29, 1.82) is 0 Å². The molecule has 0 bridgehead atoms. The Balaban J connectivity index is 0.000000137. The molecule has 0 aliphatic heterocycles. The van der Waals surface area contributed by atoms with Crippen molar-refractivity contribution >= 4 is 65.4 Å². The maximum atomic E-state index is 5.03. The summed E-state index contributed by atoms with van der Waals surface area (Å²) >= 11 is 0. The molecule has 12 nitrogen and oxygen atoms in total. The van der Waals surface area contributed by atoms with Crippen LogP contribution in [0.25, 0.3) is 133 Å². The van der Waals surface area contributed by atoms with Crippen LogP contribution in [0.4, 0.5) is 0 Å². The van der Waals surface area contributed by atoms with E-state index in [2.05, 4.69) is 468 Å². The van der Waals surface area contributed by atoms with Crippen molar-refractivity contribution in [1.82, 2.24) is 29.9 Å². The number of fused-ring (bicyclic) bond motifs is 6. The first-order valence-electron chi connectivity index (χ1n) is 48.3. The van der Waals surface area contributed by atoms with E-state index in [1.165, 1.54) is 206 Å². The van der Waals surface area contributed by atoms with Gasteiger partial charge < -0.3 is 0 Å². The van der Waals surface area contributed by atoms with Crippen LogP contribution >= 0.6 is 0 Å². The highest BCUT2D eigenvalue weighted by molar-refractivity contribution is 5.95. The first-order valence-corrected chi connectivity index (χ1v) is 48.3. The maximum Gasteiger partial charge on any atom is 0.331 e. The highest BCUT2D eigenvalue weighted by Crippen LogP contribution is 2.38. The molecule has 11 aromatic heterocycles. The third-order valence-corrected chi connectivity index (χ3v) is 26.8. The molecule has 12 heteroatoms. The van der Waals surface area contributed by atoms with Gasteiger partial charge in [0.05, 0.1) is 45.8 Å². The van der Waals surface area contributed by atoms with Crippen LogP contribution in [0.2, 0.25) is 0 Å². The van der Waals surface area contributed by atoms with Gasteiger partial charge in [-0.25, -0.2) is 29.5 Å². The van der Waals surface area contributed by atoms with Crippen molar-refractivity contribution in [3.05, 3.63) is 355 Å². The van der Waals surface area contributed by atoms with E-state index in [4.69, 9.17) is 24.9 Å². The Morgan fingerprint density at radius 3 is 1.07 bits per heavy atom. The average molecular weight is 1790 g/mol. The fraction of sp³-hybridized carbons (Fsp3) is 0.317. The van der Waals surface area contributed by atoms with Crippen molar-refractivity contribution in [2.75, 3.05) is 0 Å². The molecule has 0 radical (unpaired) electrons. The molecular weight excluding hydrogens is 1650 g/mol. The normalized spacial score (nSPS) is 11.4. The zero-order chi connectivity index (χ0) is 97.6. The summed E-state index contributed by atoms with van der Waals surface area (Å²) in [5.74, 6) is 3.71. The second kappa shape index (κ2) is 42.5. The van der Waals surface area contributed by atoms with E-state index in [0.717, 1.165) is 57.5 Å². The van der Waals surface area contributed by atoms with Crippen molar-refractivity contribution in [3.8, 4) is 67.7 Å². The van der Waals surface area contributed by atoms with E-state index < -0.39 is 0 Å². The second-order valence-corrected chi connectivity index (χ2v) is 40.0. The van der Waals surface area contributed by atoms with Gasteiger partial charge in [0.1, 0.15) is 69.0 Å². The molecule has 0 fully saturated rings. The molecular formula is C123H144N12+6. The lowest BCUT2D eigenvalue weighted by Crippen LogP contribution is -2.32. The minimum Gasteiger partial charge on any atom is -0.249 e. The number of rotatable bonds is 13. The highest BCUT2D eigenvalue weighted by Gasteiger charge is 2.28. The summed E-state index contributed by atoms with van der Waals surface area (Å²) in [6.07, 6.45) is 20.8. The molecule has 0 amide bonds. The first kappa shape index (κ1) is 99.2. The van der Waals surface area contributed by atoms with Gasteiger partial charge >= 0.3 is 5.82 Å². The maximum absolute atomic E-state index is 5.03. The molecule has 0 N–H and O–H groups in total. The van der Waals surface area contributed by atoms with Crippen molar-refractivity contribution in [2.45, 2.75) is 211 Å². The third-order valence-electron chi connectivity index (χ3n) is 26.8. The number of nitrogens with zero attached hydrogens (tertiary/aromatic N) is 12. The molecule has 0 saturated carbocycles. The van der Waals surface area contributed by atoms with Crippen LogP contribution in [0.3, 0.4) is 0 Å². The molecule has 135 heavy (non-hydrogen) atoms. The van der Waals surface area contributed by atoms with Gasteiger partial charge in [-0.3, -0.25) is 0 Å². The van der Waals surface area contributed by atoms with Gasteiger partial charge in [0, 0.05) is 87.2 Å². The van der Waals surface area contributed by atoms with E-state index >= 15 is 0 Å². The van der Waals surface area contributed by atoms with Crippen molar-refractivity contribution in [3.63, 3.8) is 0 Å². The fourth-order valence-corrected chi connectivity index (χ4v) is 18.7. The van der Waals surface area contributed by atoms with Gasteiger partial charge in [-0.15, -0.1) is 0 Å². The Kier molecular flexibility index (Phi) is 31.2. The number of aryl methyl sites for hydroxylation is 17. The molecule has 7 aromatic carbocycles. The lowest BCUT2D eigenvalue weighted by atomic mass is 9.95. The Labute approximate surface area is 804 Å². The summed E-state index contributed by atoms with van der Waals surface area (Å²) in [6.45, 7) is 57.1. The molecule has 18 rings (SSSR count). The van der Waals surface area contributed by atoms with E-state index in [1.54, 1.807) is 0 Å². The van der Waals surface area contributed by atoms with E-state index in [0.29, 0.717) is 29.6 Å². The summed E-state index contributed by atoms with van der Waals surface area (Å²) in [4.78, 5) is 29.2. The first-order chi connectivity index (χ1) is 64.1. The molecule has 11 heterocycles. The van der Waals surface area contributed by atoms with Gasteiger partial charge in [0.25, 0.3) is 0 Å². The summed E-state index contributed by atoms with van der Waals surface area (Å²) in [5.41, 5.74) is 47.3. The monoisotopic (exact) mass is 1790 g/mol. The summed E-state index contributed by atoms with van der Waals surface area (Å²) in [5, 5.41) is 7.19. The van der Waals surface area contributed by atoms with Gasteiger partial charge in [-0.2, -0.15) is 22.8 Å². The molecule has 690 valence electrons. The Morgan fingerprint density at radius 1 is 0.267 bits per heavy atom. The smallest absolute Gasteiger partial charge is 0.249 e. The molecule has 18 aromatic rings. The summed E-state index contributed by atoms with van der Waals surface area (Å²) in [6, 6.07) is 65.7. The Bertz CT molecular complexity index is 7490. The topological polar surface area (TPSA) is 101 Å². The van der Waals surface area contributed by atoms with Gasteiger partial charge in [-0.05, 0) is 315 Å². The van der Waals surface area contributed by atoms with Crippen LogP contribution in [0, 0.1) is 123 Å². The van der Waals surface area contributed by atoms with Crippen LogP contribution in [0.5, 0.6) is 0 Å². The quantitative estimate of drug-likeness (QED) is 0.107. The van der Waals surface area contributed by atoms with E-state index in [1.807, 2.05) is 24.7 Å². The zero-order valence-corrected chi connectivity index (χ0v) is 86.7. The van der Waals surface area contributed by atoms with Crippen LogP contribution < -0.4 is 27.4 Å². The SMILES string of the molecule is Cc1cc(C)c(C)c(-c2c3nc(C(C)C)ccc3cc[n+]2C)c1.Cc1cc(C)c(C)c(-c2c3nc(CC(C)C)ccc3cc[n+]2C)c1.Cc1cc(C)c(C)c(-c2c3ncc(C(C)C)cc3cc[n+]2C)c1.Cc1cc(C)c(C)c(-c2c3ncc(CC(C)C)cc3cc[n+]2C)c1.Cc1cc(C)c(C)c(-c2c3ncccc3cc[n+]2C)c1.Cc1ccccc1-c1nc2cc(C(C)C)ccc2c[n+]1C. The lowest BCUT2D eigenvalue weighted by Gasteiger charge is -2.12. The van der Waals surface area contributed by atoms with E-state index in [-0.39, 0.29) is 0 Å². The summed E-state index contributed by atoms with van der Waals surface area (Å²) in [7, 11) is 12.6. The second-order valence-electron chi connectivity index (χ2n) is 40.0. The van der Waals surface area contributed by atoms with Gasteiger partial charge in [0.2, 0.25) is 28.5 Å². The molecule has 0 atom stereocenters. The van der Waals surface area contributed by atoms with Crippen LogP contribution in [0.15, 0.2) is 238 Å². The van der Waals surface area contributed by atoms with Crippen LogP contribution in [0.1, 0.15) is 204 Å². The molecule has 0 aliphatic rings. The molecule has 0 spiro atoms. The number of pyridine rings is 10. The predicted octanol–water partition coefficient (Wildman–Crippen LogP) is 27.1. The number of aromatic nitrogens is 12. The standard InChI is InChI=1S/2C22H27N2.2C21H25N2.C19H21N2.C18H19N2/c1-14(2)9-18-12-19-7-8-24(6)22(21(19)23-13-18)20-11-15(3)10-16(4)17(20)5;1-14(2)11-19-8-7-18-9-10-24(6)22(21(18)23-19)20-13-15(3)12-16(4)17(20)5;1-13(2)18-11-17-7-8-23(6)21(20(17)22-12-18)19-10-14(3)9-15(4)16(19)5;1-13(2)19-8-7-17-9-10-23(6)21(20(17)22-19)18-12-14(3)11-15(4)16(18)5;1-13(2)15-9-10-16-12-21(4)19(20-18(16)11-15)17-8-6-5-7-14(17)3;1-12-10-13(2)14(3)16(11-12)18-17-15(6-5-8-19-17)7-9-20(18)4/h7-8,10-14H,9H2,1-6H3;7-10,12-14H,11H2,1-6H3;2*7-13H,1-6H3;5-13H,1-4H3;5-11H,1-4H3/q6*+1. The minimum atomic E-state index is 0.429. The summed E-state index contributed by atoms with van der Waals surface area (Å²) < 4.78 is 13.1. The number of hydrogen-bond donors (Lipinski definition) is 0. The molecule has 0 aliphatic carbocycles. The largest absolute Gasteiger partial charge is 0.331 e. The van der Waals surface area contributed by atoms with Crippen LogP contribution in [-0.4, -0.2) is 29.9 Å². The lowest BCUT2D eigenvalue weighted by molar-refractivity contribution is -0.661. The van der Waals surface area contributed by atoms with Crippen LogP contribution in [-0.2, 0) is 55.1 Å². The fourth-order valence-electron chi connectivity index (χ4n) is 18.7. The molecule has 0 saturated heterocycles. The Hall–Kier alpha value is -13.3. The zero-order valence-electron chi connectivity index (χ0n) is 86.7. The Morgan fingerprint density at radius 2 is 0.644 bits per heavy atom. The van der Waals surface area contributed by atoms with E-state index in [9.17, 15) is 0 Å². The molecule has 0 unspecified atom stereocenters. The van der Waals surface area contributed by atoms with Gasteiger partial charge in [0.15, 0.2) is 36.5 Å². The highest BCUT2D eigenvalue weighted by atomic mass is 15.0. The van der Waals surface area contributed by atoms with Crippen molar-refractivity contribution < 1.29 is 27.4 Å². The predicted molar refractivity (Wildman–Crippen MR) is 565 cm³/mol. The third kappa shape index (κ3) is 22.5. The number of benzene rings is 7. The van der Waals surface area contributed by atoms with Gasteiger partial charge in [-0.1, -0.05) is 170 Å².